The molecule has 0 saturated carbocycles. The van der Waals surface area contributed by atoms with Gasteiger partial charge in [-0.1, -0.05) is 41.9 Å². The van der Waals surface area contributed by atoms with E-state index in [2.05, 4.69) is 10.3 Å². The fourth-order valence-electron chi connectivity index (χ4n) is 2.51. The first-order valence-electron chi connectivity index (χ1n) is 7.04. The Hall–Kier alpha value is -2.43. The predicted molar refractivity (Wildman–Crippen MR) is 95.5 cm³/mol. The Kier molecular flexibility index (Phi) is 3.48. The van der Waals surface area contributed by atoms with Crippen LogP contribution in [-0.4, -0.2) is 10.9 Å². The minimum atomic E-state index is -0.0905. The van der Waals surface area contributed by atoms with Crippen LogP contribution in [0.1, 0.15) is 11.3 Å². The zero-order valence-electron chi connectivity index (χ0n) is 11.9. The summed E-state index contributed by atoms with van der Waals surface area (Å²) in [6, 6.07) is 15.2. The largest absolute Gasteiger partial charge is 0.321 e. The molecule has 0 fully saturated rings. The number of carbonyl (C=O) groups is 1. The van der Waals surface area contributed by atoms with Crippen molar-refractivity contribution in [3.8, 4) is 10.6 Å². The normalized spacial score (nSPS) is 14.8. The molecule has 3 nitrogen and oxygen atoms in total. The van der Waals surface area contributed by atoms with E-state index in [0.29, 0.717) is 10.6 Å². The Morgan fingerprint density at radius 1 is 1.09 bits per heavy atom. The fraction of sp³-hybridized carbons (Fsp3) is 0. The number of rotatable bonds is 2. The lowest BCUT2D eigenvalue weighted by molar-refractivity contribution is -0.110. The summed E-state index contributed by atoms with van der Waals surface area (Å²) in [7, 11) is 0. The molecule has 2 heterocycles. The third-order valence-electron chi connectivity index (χ3n) is 3.62. The van der Waals surface area contributed by atoms with Crippen LogP contribution in [-0.2, 0) is 4.79 Å². The molecule has 1 amide bonds. The summed E-state index contributed by atoms with van der Waals surface area (Å²) in [6.45, 7) is 0. The second-order valence-corrected chi connectivity index (χ2v) is 6.44. The highest BCUT2D eigenvalue weighted by atomic mass is 35.5. The van der Waals surface area contributed by atoms with Gasteiger partial charge in [0.1, 0.15) is 5.01 Å². The maximum Gasteiger partial charge on any atom is 0.256 e. The molecule has 5 heteroatoms. The van der Waals surface area contributed by atoms with Gasteiger partial charge in [-0.3, -0.25) is 4.79 Å². The van der Waals surface area contributed by atoms with E-state index >= 15 is 0 Å². The number of nitrogens with one attached hydrogen (secondary N) is 1. The van der Waals surface area contributed by atoms with E-state index < -0.39 is 0 Å². The van der Waals surface area contributed by atoms with Gasteiger partial charge < -0.3 is 5.32 Å². The number of amides is 1. The van der Waals surface area contributed by atoms with Crippen molar-refractivity contribution in [3.05, 3.63) is 70.2 Å². The number of hydrogen-bond donors (Lipinski definition) is 1. The van der Waals surface area contributed by atoms with Gasteiger partial charge in [0.25, 0.3) is 5.91 Å². The summed E-state index contributed by atoms with van der Waals surface area (Å²) in [5, 5.41) is 6.42. The van der Waals surface area contributed by atoms with Gasteiger partial charge in [0.15, 0.2) is 0 Å². The van der Waals surface area contributed by atoms with E-state index in [-0.39, 0.29) is 5.91 Å². The van der Waals surface area contributed by atoms with Crippen LogP contribution in [0, 0.1) is 0 Å². The Balaban J connectivity index is 1.70. The molecule has 1 aliphatic heterocycles. The monoisotopic (exact) mass is 338 g/mol. The standard InChI is InChI=1S/C18H11ClN2OS/c19-12-7-5-11(6-8-12)18-20-13(10-23-18)9-15-14-3-1-2-4-16(14)21-17(15)22/h1-10H,(H,21,22)/b15-9+. The van der Waals surface area contributed by atoms with Crippen LogP contribution in [0.4, 0.5) is 5.69 Å². The minimum Gasteiger partial charge on any atom is -0.321 e. The van der Waals surface area contributed by atoms with E-state index in [9.17, 15) is 4.79 Å². The highest BCUT2D eigenvalue weighted by Gasteiger charge is 2.23. The first-order chi connectivity index (χ1) is 11.2. The summed E-state index contributed by atoms with van der Waals surface area (Å²) >= 11 is 7.45. The van der Waals surface area contributed by atoms with Gasteiger partial charge in [-0.15, -0.1) is 11.3 Å². The lowest BCUT2D eigenvalue weighted by Crippen LogP contribution is -2.03. The van der Waals surface area contributed by atoms with Crippen molar-refractivity contribution in [2.24, 2.45) is 0 Å². The van der Waals surface area contributed by atoms with E-state index in [1.165, 1.54) is 0 Å². The highest BCUT2D eigenvalue weighted by molar-refractivity contribution is 7.13. The molecule has 0 unspecified atom stereocenters. The topological polar surface area (TPSA) is 42.0 Å². The Labute approximate surface area is 142 Å². The van der Waals surface area contributed by atoms with Crippen molar-refractivity contribution in [3.63, 3.8) is 0 Å². The van der Waals surface area contributed by atoms with E-state index in [4.69, 9.17) is 11.6 Å². The summed E-state index contributed by atoms with van der Waals surface area (Å²) in [4.78, 5) is 16.7. The number of thiazole rings is 1. The van der Waals surface area contributed by atoms with Crippen molar-refractivity contribution < 1.29 is 4.79 Å². The van der Waals surface area contributed by atoms with Gasteiger partial charge >= 0.3 is 0 Å². The molecule has 112 valence electrons. The molecular weight excluding hydrogens is 328 g/mol. The molecular formula is C18H11ClN2OS. The number of benzene rings is 2. The van der Waals surface area contributed by atoms with Gasteiger partial charge in [-0.2, -0.15) is 0 Å². The van der Waals surface area contributed by atoms with Crippen molar-refractivity contribution in [1.82, 2.24) is 4.98 Å². The summed E-state index contributed by atoms with van der Waals surface area (Å²) in [5.74, 6) is -0.0905. The van der Waals surface area contributed by atoms with Gasteiger partial charge in [0.05, 0.1) is 11.3 Å². The van der Waals surface area contributed by atoms with Crippen LogP contribution in [0.5, 0.6) is 0 Å². The molecule has 0 saturated heterocycles. The highest BCUT2D eigenvalue weighted by Crippen LogP contribution is 2.33. The number of halogens is 1. The lowest BCUT2D eigenvalue weighted by Gasteiger charge is -1.96. The minimum absolute atomic E-state index is 0.0905. The Morgan fingerprint density at radius 2 is 1.87 bits per heavy atom. The zero-order valence-corrected chi connectivity index (χ0v) is 13.5. The van der Waals surface area contributed by atoms with Crippen LogP contribution in [0.2, 0.25) is 5.02 Å². The number of para-hydroxylation sites is 1. The Bertz CT molecular complexity index is 928. The first-order valence-corrected chi connectivity index (χ1v) is 8.30. The van der Waals surface area contributed by atoms with Crippen LogP contribution in [0.3, 0.4) is 0 Å². The summed E-state index contributed by atoms with van der Waals surface area (Å²) in [6.07, 6.45) is 1.83. The maximum absolute atomic E-state index is 12.1. The smallest absolute Gasteiger partial charge is 0.256 e. The molecule has 1 aromatic heterocycles. The van der Waals surface area contributed by atoms with Crippen LogP contribution < -0.4 is 5.32 Å². The molecule has 3 aromatic rings. The number of carbonyl (C=O) groups excluding carboxylic acids is 1. The third-order valence-corrected chi connectivity index (χ3v) is 4.78. The van der Waals surface area contributed by atoms with Crippen LogP contribution in [0.25, 0.3) is 22.2 Å². The molecule has 0 radical (unpaired) electrons. The van der Waals surface area contributed by atoms with Crippen LogP contribution >= 0.6 is 22.9 Å². The number of aromatic nitrogens is 1. The SMILES string of the molecule is O=C1Nc2ccccc2/C1=C\c1csc(-c2ccc(Cl)cc2)n1. The molecule has 23 heavy (non-hydrogen) atoms. The van der Waals surface area contributed by atoms with Crippen molar-refractivity contribution >= 4 is 46.2 Å². The number of fused-ring (bicyclic) bond motifs is 1. The van der Waals surface area contributed by atoms with Gasteiger partial charge in [0, 0.05) is 27.2 Å². The summed E-state index contributed by atoms with van der Waals surface area (Å²) in [5.41, 5.74) is 4.20. The van der Waals surface area contributed by atoms with Crippen LogP contribution in [0.15, 0.2) is 53.9 Å². The van der Waals surface area contributed by atoms with Gasteiger partial charge in [-0.05, 0) is 24.3 Å². The second-order valence-electron chi connectivity index (χ2n) is 5.14. The molecule has 1 aliphatic rings. The van der Waals surface area contributed by atoms with E-state index in [1.807, 2.05) is 60.0 Å². The Morgan fingerprint density at radius 3 is 2.70 bits per heavy atom. The number of anilines is 1. The molecule has 0 atom stereocenters. The molecule has 1 N–H and O–H groups in total. The molecule has 0 bridgehead atoms. The van der Waals surface area contributed by atoms with Crippen molar-refractivity contribution in [2.45, 2.75) is 0 Å². The molecule has 0 spiro atoms. The zero-order chi connectivity index (χ0) is 15.8. The van der Waals surface area contributed by atoms with E-state index in [0.717, 1.165) is 27.5 Å². The average Bonchev–Trinajstić information content (AvgIpc) is 3.14. The lowest BCUT2D eigenvalue weighted by atomic mass is 10.1. The van der Waals surface area contributed by atoms with Crippen molar-refractivity contribution in [2.75, 3.05) is 5.32 Å². The molecule has 0 aliphatic carbocycles. The quantitative estimate of drug-likeness (QED) is 0.671. The average molecular weight is 339 g/mol. The first kappa shape index (κ1) is 14.2. The molecule has 4 rings (SSSR count). The maximum atomic E-state index is 12.1. The molecule has 2 aromatic carbocycles. The van der Waals surface area contributed by atoms with E-state index in [1.54, 1.807) is 11.3 Å². The number of hydrogen-bond acceptors (Lipinski definition) is 3. The van der Waals surface area contributed by atoms with Gasteiger partial charge in [-0.25, -0.2) is 4.98 Å². The summed E-state index contributed by atoms with van der Waals surface area (Å²) < 4.78 is 0. The number of nitrogens with zero attached hydrogens (tertiary/aromatic N) is 1. The van der Waals surface area contributed by atoms with Gasteiger partial charge in [0.2, 0.25) is 0 Å². The predicted octanol–water partition coefficient (Wildman–Crippen LogP) is 4.96. The second kappa shape index (κ2) is 5.65. The third kappa shape index (κ3) is 2.67. The fourth-order valence-corrected chi connectivity index (χ4v) is 3.42. The van der Waals surface area contributed by atoms with Crippen molar-refractivity contribution in [1.29, 1.82) is 0 Å².